The third-order valence-electron chi connectivity index (χ3n) is 6.93. The number of nitrogens with zero attached hydrogens (tertiary/aromatic N) is 5. The minimum atomic E-state index is -0.299. The molecule has 0 bridgehead atoms. The molecule has 9 heteroatoms. The molecule has 2 atom stereocenters. The number of ketones is 1. The molecule has 0 radical (unpaired) electrons. The molecule has 0 amide bonds. The quantitative estimate of drug-likeness (QED) is 0.538. The van der Waals surface area contributed by atoms with E-state index in [9.17, 15) is 14.9 Å². The fourth-order valence-corrected chi connectivity index (χ4v) is 4.78. The van der Waals surface area contributed by atoms with E-state index in [2.05, 4.69) is 28.2 Å². The number of hydrogen-bond acceptors (Lipinski definition) is 7. The first kappa shape index (κ1) is 22.2. The molecule has 3 aromatic rings. The van der Waals surface area contributed by atoms with Gasteiger partial charge in [0.15, 0.2) is 5.78 Å². The number of rotatable bonds is 7. The third-order valence-corrected chi connectivity index (χ3v) is 6.93. The molecule has 2 fully saturated rings. The number of ether oxygens (including phenoxy) is 1. The van der Waals surface area contributed by atoms with Crippen molar-refractivity contribution in [3.8, 4) is 11.8 Å². The normalized spacial score (nSPS) is 19.7. The second-order valence-corrected chi connectivity index (χ2v) is 9.16. The molecule has 1 saturated carbocycles. The van der Waals surface area contributed by atoms with E-state index < -0.39 is 0 Å². The molecular weight excluding hydrogens is 432 g/mol. The number of methoxy groups -OCH3 is 1. The minimum absolute atomic E-state index is 0.134. The van der Waals surface area contributed by atoms with Crippen LogP contribution in [0.25, 0.3) is 11.0 Å². The van der Waals surface area contributed by atoms with Crippen LogP contribution in [0.15, 0.2) is 35.4 Å². The molecule has 1 aliphatic heterocycles. The number of anilines is 1. The lowest BCUT2D eigenvalue weighted by Gasteiger charge is -2.30. The van der Waals surface area contributed by atoms with Crippen molar-refractivity contribution in [1.82, 2.24) is 19.4 Å². The van der Waals surface area contributed by atoms with E-state index in [1.54, 1.807) is 31.4 Å². The van der Waals surface area contributed by atoms with Gasteiger partial charge < -0.3 is 19.5 Å². The molecule has 0 spiro atoms. The monoisotopic (exact) mass is 460 g/mol. The van der Waals surface area contributed by atoms with Crippen LogP contribution in [-0.2, 0) is 13.1 Å². The van der Waals surface area contributed by atoms with Crippen LogP contribution in [0.2, 0.25) is 0 Å². The maximum absolute atomic E-state index is 13.7. The van der Waals surface area contributed by atoms with Crippen LogP contribution in [0.4, 0.5) is 5.82 Å². The first-order chi connectivity index (χ1) is 16.5. The van der Waals surface area contributed by atoms with Gasteiger partial charge in [-0.3, -0.25) is 14.2 Å². The predicted octanol–water partition coefficient (Wildman–Crippen LogP) is 2.03. The number of piperazine rings is 1. The van der Waals surface area contributed by atoms with Crippen molar-refractivity contribution in [2.75, 3.05) is 38.2 Å². The van der Waals surface area contributed by atoms with Gasteiger partial charge in [0.2, 0.25) is 0 Å². The van der Waals surface area contributed by atoms with E-state index >= 15 is 0 Å². The Morgan fingerprint density at radius 3 is 2.76 bits per heavy atom. The van der Waals surface area contributed by atoms with Crippen LogP contribution in [0.5, 0.6) is 5.75 Å². The summed E-state index contributed by atoms with van der Waals surface area (Å²) in [5.74, 6) is 2.21. The lowest BCUT2D eigenvalue weighted by molar-refractivity contribution is 0.0970. The molecule has 34 heavy (non-hydrogen) atoms. The van der Waals surface area contributed by atoms with Gasteiger partial charge in [-0.1, -0.05) is 19.1 Å². The Hall–Kier alpha value is -3.64. The molecule has 2 aromatic heterocycles. The summed E-state index contributed by atoms with van der Waals surface area (Å²) in [5.41, 5.74) is 1.43. The summed E-state index contributed by atoms with van der Waals surface area (Å²) in [4.78, 5) is 33.3. The Morgan fingerprint density at radius 1 is 1.32 bits per heavy atom. The fourth-order valence-electron chi connectivity index (χ4n) is 4.78. The van der Waals surface area contributed by atoms with E-state index in [0.29, 0.717) is 46.3 Å². The topological polar surface area (TPSA) is 105 Å². The van der Waals surface area contributed by atoms with Gasteiger partial charge in [-0.15, -0.1) is 0 Å². The summed E-state index contributed by atoms with van der Waals surface area (Å²) in [5, 5.41) is 13.4. The Balaban J connectivity index is 1.60. The van der Waals surface area contributed by atoms with Crippen LogP contribution >= 0.6 is 0 Å². The van der Waals surface area contributed by atoms with Gasteiger partial charge >= 0.3 is 0 Å². The van der Waals surface area contributed by atoms with Crippen LogP contribution in [0, 0.1) is 23.2 Å². The first-order valence-electron chi connectivity index (χ1n) is 11.7. The summed E-state index contributed by atoms with van der Waals surface area (Å²) in [6.45, 7) is 5.89. The van der Waals surface area contributed by atoms with Gasteiger partial charge in [0.1, 0.15) is 34.2 Å². The van der Waals surface area contributed by atoms with E-state index in [-0.39, 0.29) is 17.9 Å². The number of carbonyl (C=O) groups excluding carboxylic acids is 1. The zero-order valence-electron chi connectivity index (χ0n) is 19.5. The average molecular weight is 461 g/mol. The van der Waals surface area contributed by atoms with E-state index in [4.69, 9.17) is 4.74 Å². The molecule has 1 aliphatic carbocycles. The van der Waals surface area contributed by atoms with Gasteiger partial charge in [-0.25, -0.2) is 4.98 Å². The number of Topliss-reactive ketones (excluding diaryl/α,β-unsaturated/α-hetero) is 1. The number of hydrogen-bond donors (Lipinski definition) is 1. The summed E-state index contributed by atoms with van der Waals surface area (Å²) in [6, 6.07) is 9.19. The third kappa shape index (κ3) is 3.94. The highest BCUT2D eigenvalue weighted by Crippen LogP contribution is 2.41. The molecule has 9 nitrogen and oxygen atoms in total. The highest BCUT2D eigenvalue weighted by molar-refractivity contribution is 5.96. The van der Waals surface area contributed by atoms with E-state index in [0.717, 1.165) is 38.4 Å². The van der Waals surface area contributed by atoms with Crippen molar-refractivity contribution in [2.45, 2.75) is 26.4 Å². The largest absolute Gasteiger partial charge is 0.497 e. The molecule has 1 unspecified atom stereocenters. The summed E-state index contributed by atoms with van der Waals surface area (Å²) in [6.07, 6.45) is 2.49. The highest BCUT2D eigenvalue weighted by atomic mass is 16.5. The number of fused-ring (bicyclic) bond motifs is 1. The van der Waals surface area contributed by atoms with E-state index in [1.165, 1.54) is 10.9 Å². The predicted molar refractivity (Wildman–Crippen MR) is 128 cm³/mol. The fraction of sp³-hybridized carbons (Fsp3) is 0.440. The SMILES string of the molecule is COc1cccc(C(=O)Cn2cnc3c(C#N)c(N4CCNCC4)n(CC4C[C@H]4C)c3c2=O)c1. The van der Waals surface area contributed by atoms with Gasteiger partial charge in [0.05, 0.1) is 20.0 Å². The second-order valence-electron chi connectivity index (χ2n) is 9.16. The molecule has 176 valence electrons. The number of carbonyl (C=O) groups is 1. The zero-order chi connectivity index (χ0) is 23.8. The number of nitrogens with one attached hydrogen (secondary N) is 1. The standard InChI is InChI=1S/C25H28N6O3/c1-16-10-18(16)13-31-23-22(20(12-26)24(31)29-8-6-27-7-9-29)28-15-30(25(23)33)14-21(32)17-4-3-5-19(11-17)34-2/h3-5,11,15-16,18,27H,6-10,13-14H2,1-2H3/t16-,18?/m1/s1. The van der Waals surface area contributed by atoms with Gasteiger partial charge in [0, 0.05) is 38.3 Å². The average Bonchev–Trinajstić information content (AvgIpc) is 3.46. The van der Waals surface area contributed by atoms with Crippen molar-refractivity contribution in [3.05, 3.63) is 52.1 Å². The summed E-state index contributed by atoms with van der Waals surface area (Å²) >= 11 is 0. The molecule has 5 rings (SSSR count). The van der Waals surface area contributed by atoms with Crippen molar-refractivity contribution < 1.29 is 9.53 Å². The van der Waals surface area contributed by atoms with Gasteiger partial charge in [-0.05, 0) is 30.4 Å². The molecule has 1 saturated heterocycles. The maximum Gasteiger partial charge on any atom is 0.278 e. The lowest BCUT2D eigenvalue weighted by atomic mass is 10.1. The van der Waals surface area contributed by atoms with Gasteiger partial charge in [0.25, 0.3) is 5.56 Å². The second kappa shape index (κ2) is 8.95. The lowest BCUT2D eigenvalue weighted by Crippen LogP contribution is -2.44. The van der Waals surface area contributed by atoms with Crippen LogP contribution in [0.3, 0.4) is 0 Å². The molecule has 1 aromatic carbocycles. The Labute approximate surface area is 197 Å². The Morgan fingerprint density at radius 2 is 2.09 bits per heavy atom. The number of nitriles is 1. The van der Waals surface area contributed by atoms with Crippen molar-refractivity contribution in [1.29, 1.82) is 5.26 Å². The molecule has 1 N–H and O–H groups in total. The molecule has 3 heterocycles. The zero-order valence-corrected chi connectivity index (χ0v) is 19.5. The maximum atomic E-state index is 13.7. The summed E-state index contributed by atoms with van der Waals surface area (Å²) < 4.78 is 8.56. The highest BCUT2D eigenvalue weighted by Gasteiger charge is 2.36. The van der Waals surface area contributed by atoms with Crippen LogP contribution in [-0.4, -0.2) is 53.2 Å². The number of aromatic nitrogens is 3. The minimum Gasteiger partial charge on any atom is -0.497 e. The van der Waals surface area contributed by atoms with E-state index in [1.807, 2.05) is 4.57 Å². The summed E-state index contributed by atoms with van der Waals surface area (Å²) in [7, 11) is 1.55. The smallest absolute Gasteiger partial charge is 0.278 e. The molecule has 2 aliphatic rings. The van der Waals surface area contributed by atoms with Crippen molar-refractivity contribution in [3.63, 3.8) is 0 Å². The van der Waals surface area contributed by atoms with Crippen LogP contribution in [0.1, 0.15) is 29.3 Å². The first-order valence-corrected chi connectivity index (χ1v) is 11.7. The molecular formula is C25H28N6O3. The van der Waals surface area contributed by atoms with Crippen molar-refractivity contribution in [2.24, 2.45) is 11.8 Å². The van der Waals surface area contributed by atoms with Crippen LogP contribution < -0.4 is 20.5 Å². The Kier molecular flexibility index (Phi) is 5.84. The Bertz CT molecular complexity index is 1350. The van der Waals surface area contributed by atoms with Crippen molar-refractivity contribution >= 4 is 22.6 Å². The van der Waals surface area contributed by atoms with Gasteiger partial charge in [-0.2, -0.15) is 5.26 Å². The number of benzene rings is 1.